The quantitative estimate of drug-likeness (QED) is 0.823. The van der Waals surface area contributed by atoms with Crippen molar-refractivity contribution in [3.05, 3.63) is 59.9 Å². The summed E-state index contributed by atoms with van der Waals surface area (Å²) >= 11 is 0. The lowest BCUT2D eigenvalue weighted by molar-refractivity contribution is 0.0951. The molecule has 1 aromatic heterocycles. The van der Waals surface area contributed by atoms with Crippen LogP contribution in [0.15, 0.2) is 48.8 Å². The third-order valence-electron chi connectivity index (χ3n) is 3.35. The van der Waals surface area contributed by atoms with E-state index in [0.717, 1.165) is 12.1 Å². The van der Waals surface area contributed by atoms with E-state index in [1.165, 1.54) is 5.56 Å². The highest BCUT2D eigenvalue weighted by Gasteiger charge is 2.07. The smallest absolute Gasteiger partial charge is 0.252 e. The molecule has 1 heterocycles. The molecule has 0 aliphatic carbocycles. The number of hydrogen-bond acceptors (Lipinski definition) is 3. The Hall–Kier alpha value is -2.36. The molecular formula is C18H23N3O. The van der Waals surface area contributed by atoms with Gasteiger partial charge in [0.05, 0.1) is 11.3 Å². The van der Waals surface area contributed by atoms with Gasteiger partial charge in [0.1, 0.15) is 0 Å². The molecule has 2 rings (SSSR count). The first kappa shape index (κ1) is 16.0. The molecule has 2 aromatic rings. The minimum atomic E-state index is -0.0727. The van der Waals surface area contributed by atoms with E-state index in [1.807, 2.05) is 24.3 Å². The van der Waals surface area contributed by atoms with E-state index >= 15 is 0 Å². The minimum Gasteiger partial charge on any atom is -0.380 e. The number of carbonyl (C=O) groups is 1. The maximum atomic E-state index is 12.1. The molecule has 22 heavy (non-hydrogen) atoms. The largest absolute Gasteiger partial charge is 0.380 e. The molecule has 0 radical (unpaired) electrons. The summed E-state index contributed by atoms with van der Waals surface area (Å²) in [5.41, 5.74) is 2.62. The van der Waals surface area contributed by atoms with E-state index in [0.29, 0.717) is 24.6 Å². The van der Waals surface area contributed by atoms with Crippen LogP contribution in [0.3, 0.4) is 0 Å². The second-order valence-electron chi connectivity index (χ2n) is 5.74. The maximum Gasteiger partial charge on any atom is 0.252 e. The van der Waals surface area contributed by atoms with E-state index in [-0.39, 0.29) is 5.91 Å². The number of aromatic nitrogens is 1. The van der Waals surface area contributed by atoms with Crippen LogP contribution in [0.4, 0.5) is 5.69 Å². The highest BCUT2D eigenvalue weighted by atomic mass is 16.1. The summed E-state index contributed by atoms with van der Waals surface area (Å²) in [6.07, 6.45) is 4.30. The fraction of sp³-hybridized carbons (Fsp3) is 0.333. The SMILES string of the molecule is CC(C)CCNC(=O)c1cncc(NCc2ccccc2)c1. The Labute approximate surface area is 132 Å². The second kappa shape index (κ2) is 8.17. The lowest BCUT2D eigenvalue weighted by Crippen LogP contribution is -2.25. The number of carbonyl (C=O) groups excluding carboxylic acids is 1. The zero-order valence-corrected chi connectivity index (χ0v) is 13.2. The molecule has 0 atom stereocenters. The molecule has 0 unspecified atom stereocenters. The first-order valence-electron chi connectivity index (χ1n) is 7.66. The molecule has 0 saturated heterocycles. The van der Waals surface area contributed by atoms with Crippen LogP contribution in [0.25, 0.3) is 0 Å². The molecule has 0 spiro atoms. The molecule has 0 fully saturated rings. The number of amides is 1. The van der Waals surface area contributed by atoms with Gasteiger partial charge in [-0.3, -0.25) is 9.78 Å². The summed E-state index contributed by atoms with van der Waals surface area (Å²) in [5.74, 6) is 0.508. The topological polar surface area (TPSA) is 54.0 Å². The van der Waals surface area contributed by atoms with Crippen molar-refractivity contribution in [1.29, 1.82) is 0 Å². The monoisotopic (exact) mass is 297 g/mol. The average molecular weight is 297 g/mol. The molecule has 2 N–H and O–H groups in total. The van der Waals surface area contributed by atoms with E-state index in [1.54, 1.807) is 12.4 Å². The van der Waals surface area contributed by atoms with Crippen molar-refractivity contribution in [1.82, 2.24) is 10.3 Å². The van der Waals surface area contributed by atoms with Crippen molar-refractivity contribution in [2.75, 3.05) is 11.9 Å². The van der Waals surface area contributed by atoms with Gasteiger partial charge in [-0.25, -0.2) is 0 Å². The maximum absolute atomic E-state index is 12.1. The zero-order valence-electron chi connectivity index (χ0n) is 13.2. The van der Waals surface area contributed by atoms with Crippen molar-refractivity contribution in [3.8, 4) is 0 Å². The number of nitrogens with one attached hydrogen (secondary N) is 2. The highest BCUT2D eigenvalue weighted by molar-refractivity contribution is 5.94. The lowest BCUT2D eigenvalue weighted by atomic mass is 10.1. The summed E-state index contributed by atoms with van der Waals surface area (Å²) in [7, 11) is 0. The van der Waals surface area contributed by atoms with Gasteiger partial charge in [0.2, 0.25) is 0 Å². The summed E-state index contributed by atoms with van der Waals surface area (Å²) < 4.78 is 0. The van der Waals surface area contributed by atoms with Gasteiger partial charge in [0.25, 0.3) is 5.91 Å². The van der Waals surface area contributed by atoms with Gasteiger partial charge < -0.3 is 10.6 Å². The molecule has 1 amide bonds. The number of rotatable bonds is 7. The van der Waals surface area contributed by atoms with Crippen LogP contribution in [-0.2, 0) is 6.54 Å². The average Bonchev–Trinajstić information content (AvgIpc) is 2.54. The Morgan fingerprint density at radius 3 is 2.68 bits per heavy atom. The van der Waals surface area contributed by atoms with Crippen LogP contribution in [0.1, 0.15) is 36.2 Å². The molecule has 0 bridgehead atoms. The molecule has 1 aromatic carbocycles. The Morgan fingerprint density at radius 1 is 1.18 bits per heavy atom. The van der Waals surface area contributed by atoms with Gasteiger partial charge in [-0.05, 0) is 24.0 Å². The van der Waals surface area contributed by atoms with Crippen molar-refractivity contribution >= 4 is 11.6 Å². The predicted octanol–water partition coefficient (Wildman–Crippen LogP) is 3.47. The Morgan fingerprint density at radius 2 is 1.95 bits per heavy atom. The predicted molar refractivity (Wildman–Crippen MR) is 89.8 cm³/mol. The second-order valence-corrected chi connectivity index (χ2v) is 5.74. The van der Waals surface area contributed by atoms with Crippen molar-refractivity contribution in [2.45, 2.75) is 26.8 Å². The first-order chi connectivity index (χ1) is 10.6. The fourth-order valence-electron chi connectivity index (χ4n) is 2.04. The Kier molecular flexibility index (Phi) is 5.95. The third-order valence-corrected chi connectivity index (χ3v) is 3.35. The van der Waals surface area contributed by atoms with Crippen LogP contribution < -0.4 is 10.6 Å². The van der Waals surface area contributed by atoms with E-state index in [9.17, 15) is 4.79 Å². The van der Waals surface area contributed by atoms with E-state index in [4.69, 9.17) is 0 Å². The van der Waals surface area contributed by atoms with Gasteiger partial charge >= 0.3 is 0 Å². The molecule has 4 heteroatoms. The number of benzene rings is 1. The van der Waals surface area contributed by atoms with Crippen LogP contribution in [0.2, 0.25) is 0 Å². The molecule has 4 nitrogen and oxygen atoms in total. The lowest BCUT2D eigenvalue weighted by Gasteiger charge is -2.09. The molecular weight excluding hydrogens is 274 g/mol. The van der Waals surface area contributed by atoms with E-state index < -0.39 is 0 Å². The summed E-state index contributed by atoms with van der Waals surface area (Å²) in [6, 6.07) is 12.0. The molecule has 0 aliphatic heterocycles. The van der Waals surface area contributed by atoms with Crippen molar-refractivity contribution in [2.24, 2.45) is 5.92 Å². The molecule has 0 aliphatic rings. The van der Waals surface area contributed by atoms with Crippen molar-refractivity contribution < 1.29 is 4.79 Å². The highest BCUT2D eigenvalue weighted by Crippen LogP contribution is 2.10. The third kappa shape index (κ3) is 5.20. The number of anilines is 1. The number of pyridine rings is 1. The molecule has 116 valence electrons. The van der Waals surface area contributed by atoms with Crippen LogP contribution in [0, 0.1) is 5.92 Å². The van der Waals surface area contributed by atoms with Gasteiger partial charge in [0.15, 0.2) is 0 Å². The normalized spacial score (nSPS) is 10.5. The zero-order chi connectivity index (χ0) is 15.8. The Balaban J connectivity index is 1.90. The van der Waals surface area contributed by atoms with Gasteiger partial charge in [-0.15, -0.1) is 0 Å². The minimum absolute atomic E-state index is 0.0727. The van der Waals surface area contributed by atoms with Gasteiger partial charge in [-0.1, -0.05) is 44.2 Å². The number of hydrogen-bond donors (Lipinski definition) is 2. The first-order valence-corrected chi connectivity index (χ1v) is 7.66. The van der Waals surface area contributed by atoms with Gasteiger partial charge in [0, 0.05) is 25.5 Å². The van der Waals surface area contributed by atoms with E-state index in [2.05, 4.69) is 41.6 Å². The van der Waals surface area contributed by atoms with Crippen LogP contribution >= 0.6 is 0 Å². The van der Waals surface area contributed by atoms with Crippen LogP contribution in [0.5, 0.6) is 0 Å². The summed E-state index contributed by atoms with van der Waals surface area (Å²) in [4.78, 5) is 16.2. The van der Waals surface area contributed by atoms with Crippen LogP contribution in [-0.4, -0.2) is 17.4 Å². The summed E-state index contributed by atoms with van der Waals surface area (Å²) in [5, 5.41) is 6.21. The number of nitrogens with zero attached hydrogens (tertiary/aromatic N) is 1. The Bertz CT molecular complexity index is 596. The van der Waals surface area contributed by atoms with Gasteiger partial charge in [-0.2, -0.15) is 0 Å². The van der Waals surface area contributed by atoms with Crippen molar-refractivity contribution in [3.63, 3.8) is 0 Å². The standard InChI is InChI=1S/C18H23N3O/c1-14(2)8-9-20-18(22)16-10-17(13-19-12-16)21-11-15-6-4-3-5-7-15/h3-7,10,12-14,21H,8-9,11H2,1-2H3,(H,20,22). The fourth-order valence-corrected chi connectivity index (χ4v) is 2.04. The molecule has 0 saturated carbocycles. The summed E-state index contributed by atoms with van der Waals surface area (Å²) in [6.45, 7) is 5.68.